The number of benzene rings is 4. The Morgan fingerprint density at radius 1 is 0.811 bits per heavy atom. The summed E-state index contributed by atoms with van der Waals surface area (Å²) in [5, 5.41) is 58.0. The van der Waals surface area contributed by atoms with Crippen molar-refractivity contribution in [3.05, 3.63) is 148 Å². The molecule has 690 valence electrons. The van der Waals surface area contributed by atoms with E-state index in [2.05, 4.69) is 52.8 Å². The van der Waals surface area contributed by atoms with Crippen molar-refractivity contribution >= 4 is 148 Å². The molecular formula is C86H114ClN15O21S4. The number of nitrogens with one attached hydrogen (secondary N) is 10. The van der Waals surface area contributed by atoms with Crippen molar-refractivity contribution in [2.45, 2.75) is 207 Å². The lowest BCUT2D eigenvalue weighted by atomic mass is 9.72. The molecule has 0 radical (unpaired) electrons. The first-order chi connectivity index (χ1) is 60.3. The van der Waals surface area contributed by atoms with Crippen molar-refractivity contribution in [3.8, 4) is 11.5 Å². The lowest BCUT2D eigenvalue weighted by Gasteiger charge is -2.59. The smallest absolute Gasteiger partial charge is 0.409 e. The predicted molar refractivity (Wildman–Crippen MR) is 482 cm³/mol. The largest absolute Gasteiger partial charge is 0.508 e. The molecule has 1 aromatic heterocycles. The summed E-state index contributed by atoms with van der Waals surface area (Å²) in [5.74, 6) is -10.3. The number of carbonyl (C=O) groups is 13. The van der Waals surface area contributed by atoms with Gasteiger partial charge in [-0.3, -0.25) is 58.1 Å². The fraction of sp³-hybridized carbons (Fsp3) is 0.500. The van der Waals surface area contributed by atoms with E-state index in [1.807, 2.05) is 13.0 Å². The number of aromatic hydroxyl groups is 1. The second-order valence-corrected chi connectivity index (χ2v) is 37.8. The van der Waals surface area contributed by atoms with Gasteiger partial charge in [0.1, 0.15) is 94.4 Å². The summed E-state index contributed by atoms with van der Waals surface area (Å²) in [6.07, 6.45) is 0.411. The number of esters is 1. The van der Waals surface area contributed by atoms with Gasteiger partial charge in [0, 0.05) is 106 Å². The maximum Gasteiger partial charge on any atom is 0.409 e. The molecule has 36 nitrogen and oxygen atoms in total. The summed E-state index contributed by atoms with van der Waals surface area (Å²) in [6, 6.07) is 11.8. The highest BCUT2D eigenvalue weighted by Crippen LogP contribution is 2.51. The molecular weight excluding hydrogens is 1740 g/mol. The SMILES string of the molecule is COc1cc2cc(c1Cl)N(C)C(=O)C[C@H](OC(=O)[C@H](C)N(C)C(=O)CCSSCCC(=O)NC[C@H](NC(=O)[C@@H]1CSSC[C@H](NC(=O)[C@H](N)Cc3ccccc3)C(=O)N[C@@H](Cc3ccc(O)cc3)C(=O)N[C@H](Cc3c[nH]c4ccccc34)C(=O)N[C@@H](CCCCN)C(=O)N[C@@H]([C@@H](C)O)C(=O)N1)C(N)=O)[C@@]1(C)CC(C)(O1)[C@@H]1C[C@@](O)(NC(=O)O1)[C@H](OC)/C=C/C=C(\C)C2. The molecule has 5 aliphatic heterocycles. The average molecular weight is 1860 g/mol. The number of hydrogen-bond donors (Lipinski definition) is 16. The first kappa shape index (κ1) is 101. The molecule has 16 atom stereocenters. The Kier molecular flexibility index (Phi) is 37.0. The number of hydrogen-bond acceptors (Lipinski definition) is 27. The number of primary amides is 1. The Hall–Kier alpha value is -10.1. The number of anilines is 1. The molecule has 127 heavy (non-hydrogen) atoms. The highest BCUT2D eigenvalue weighted by molar-refractivity contribution is 8.77. The summed E-state index contributed by atoms with van der Waals surface area (Å²) in [6.45, 7) is 7.45. The van der Waals surface area contributed by atoms with Crippen LogP contribution in [0, 0.1) is 0 Å². The number of aromatic nitrogens is 1. The molecule has 5 aromatic rings. The topological polar surface area (TPSA) is 537 Å². The van der Waals surface area contributed by atoms with Gasteiger partial charge in [0.05, 0.1) is 31.4 Å². The van der Waals surface area contributed by atoms with E-state index in [1.165, 1.54) is 97.8 Å². The highest BCUT2D eigenvalue weighted by Gasteiger charge is 2.63. The number of phenolic OH excluding ortho intramolecular Hbond substituents is 1. The van der Waals surface area contributed by atoms with Crippen molar-refractivity contribution in [2.24, 2.45) is 17.2 Å². The summed E-state index contributed by atoms with van der Waals surface area (Å²) < 4.78 is 29.9. The van der Waals surface area contributed by atoms with Crippen LogP contribution in [-0.4, -0.2) is 262 Å². The molecule has 10 rings (SSSR count). The number of fused-ring (bicyclic) bond motifs is 7. The van der Waals surface area contributed by atoms with E-state index >= 15 is 4.79 Å². The Morgan fingerprint density at radius 3 is 2.14 bits per heavy atom. The molecule has 6 bridgehead atoms. The summed E-state index contributed by atoms with van der Waals surface area (Å²) >= 11 is 6.87. The van der Waals surface area contributed by atoms with Gasteiger partial charge in [-0.1, -0.05) is 139 Å². The van der Waals surface area contributed by atoms with Gasteiger partial charge in [0.15, 0.2) is 5.72 Å². The zero-order valence-corrected chi connectivity index (χ0v) is 76.1. The first-order valence-electron chi connectivity index (χ1n) is 41.4. The summed E-state index contributed by atoms with van der Waals surface area (Å²) in [4.78, 5) is 191. The van der Waals surface area contributed by atoms with Crippen molar-refractivity contribution in [3.63, 3.8) is 0 Å². The molecule has 19 N–H and O–H groups in total. The van der Waals surface area contributed by atoms with Gasteiger partial charge >= 0.3 is 12.1 Å². The number of nitrogens with two attached hydrogens (primary N) is 3. The van der Waals surface area contributed by atoms with Gasteiger partial charge in [-0.25, -0.2) is 9.59 Å². The van der Waals surface area contributed by atoms with Crippen LogP contribution in [0.25, 0.3) is 10.9 Å². The quantitative estimate of drug-likeness (QED) is 0.0178. The van der Waals surface area contributed by atoms with E-state index in [1.54, 1.807) is 98.9 Å². The molecule has 3 fully saturated rings. The number of ether oxygens (including phenoxy) is 5. The molecule has 0 spiro atoms. The van der Waals surface area contributed by atoms with E-state index in [0.717, 1.165) is 32.7 Å². The van der Waals surface area contributed by atoms with E-state index in [-0.39, 0.29) is 98.1 Å². The Morgan fingerprint density at radius 2 is 1.46 bits per heavy atom. The van der Waals surface area contributed by atoms with Crippen LogP contribution < -0.4 is 74.7 Å². The number of aliphatic hydroxyl groups is 2. The second kappa shape index (κ2) is 46.7. The molecule has 1 unspecified atom stereocenters. The molecule has 0 aliphatic carbocycles. The molecule has 0 saturated carbocycles. The zero-order valence-electron chi connectivity index (χ0n) is 72.0. The third kappa shape index (κ3) is 27.9. The van der Waals surface area contributed by atoms with Crippen LogP contribution in [0.5, 0.6) is 11.5 Å². The Labute approximate surface area is 756 Å². The summed E-state index contributed by atoms with van der Waals surface area (Å²) in [7, 11) is 10.0. The van der Waals surface area contributed by atoms with Crippen LogP contribution in [0.4, 0.5) is 10.5 Å². The monoisotopic (exact) mass is 1860 g/mol. The van der Waals surface area contributed by atoms with Crippen molar-refractivity contribution in [2.75, 3.05) is 69.3 Å². The second-order valence-electron chi connectivity index (χ2n) is 32.2. The predicted octanol–water partition coefficient (Wildman–Crippen LogP) is 2.96. The van der Waals surface area contributed by atoms with E-state index in [4.69, 9.17) is 52.5 Å². The van der Waals surface area contributed by atoms with Crippen LogP contribution in [-0.2, 0) is 102 Å². The zero-order chi connectivity index (χ0) is 92.6. The number of methoxy groups -OCH3 is 2. The number of phenols is 1. The fourth-order valence-corrected chi connectivity index (χ4v) is 19.6. The van der Waals surface area contributed by atoms with Crippen LogP contribution in [0.2, 0.25) is 5.02 Å². The molecule has 6 heterocycles. The van der Waals surface area contributed by atoms with Gasteiger partial charge in [-0.2, -0.15) is 0 Å². The van der Waals surface area contributed by atoms with E-state index in [9.17, 15) is 72.9 Å². The number of para-hydroxylation sites is 1. The van der Waals surface area contributed by atoms with Gasteiger partial charge in [-0.15, -0.1) is 0 Å². The normalized spacial score (nSPS) is 25.8. The van der Waals surface area contributed by atoms with Crippen LogP contribution in [0.15, 0.2) is 121 Å². The number of carbonyl (C=O) groups excluding carboxylic acids is 13. The van der Waals surface area contributed by atoms with Crippen molar-refractivity contribution < 1.29 is 101 Å². The number of allylic oxidation sites excluding steroid dienone is 3. The third-order valence-electron chi connectivity index (χ3n) is 22.3. The maximum absolute atomic E-state index is 15.0. The van der Waals surface area contributed by atoms with Gasteiger partial charge in [0.2, 0.25) is 65.0 Å². The summed E-state index contributed by atoms with van der Waals surface area (Å²) in [5.41, 5.74) is 17.8. The molecule has 12 amide bonds. The minimum Gasteiger partial charge on any atom is -0.508 e. The number of halogens is 1. The van der Waals surface area contributed by atoms with Gasteiger partial charge in [-0.05, 0) is 126 Å². The average Bonchev–Trinajstić information content (AvgIpc) is 1.05. The number of unbranched alkanes of at least 4 members (excludes halogenated alkanes) is 1. The number of aliphatic hydroxyl groups excluding tert-OH is 1. The standard InChI is InChI=1S/C86H114ClN15O21S4/c1-47-18-17-24-66(120-9)86(118)41-68(122-83(117)100-86)85(5)46-84(4,123-85)67(40-71(107)102(7)64-37-52(34-47)38-65(119-8)72(64)87)121-82(116)48(2)101(6)70(106)30-33-125-124-32-29-69(105)92-43-61(74(90)108)96-80(114)63-45-127-126-44-62(97-75(109)56(89)35-50-19-11-10-12-20-50)79(113)94-59(36-51-25-27-54(104)28-26-51)77(111)95-60(39-53-42-91-57-22-14-13-21-55(53)57)78(112)93-58(23-15-16-31-88)76(110)99-73(49(3)103)81(115)98-63/h10-14,17-22,24-28,37-38,42,48-49,56,58-63,66-68,73,91,103-104,118H,15-16,23,29-36,39-41,43-46,88-89H2,1-9H3,(H2,90,108)(H,92,105)(H,93,112)(H,94,113)(H,95,111)(H,96,114)(H,97,109)(H,98,115)(H,99,110)(H,100,117)/b24-17+,47-18+/t48-,49+,56+,58-,59-,60+,61-,62-,63-,66+,67-,68-,73-,84+,85?,86-/m0/s1. The third-order valence-corrected chi connectivity index (χ3v) is 27.5. The molecule has 5 aliphatic rings. The lowest BCUT2D eigenvalue weighted by molar-refractivity contribution is -0.328. The number of likely N-dealkylation sites (N-methyl/N-ethyl adjacent to an activating group) is 1. The minimum atomic E-state index is -1.97. The van der Waals surface area contributed by atoms with Crippen LogP contribution in [0.3, 0.4) is 0 Å². The van der Waals surface area contributed by atoms with Crippen LogP contribution in [0.1, 0.15) is 108 Å². The Bertz CT molecular complexity index is 4820. The van der Waals surface area contributed by atoms with E-state index < -0.39 is 191 Å². The number of aromatic amines is 1. The number of H-pyrrole nitrogens is 1. The van der Waals surface area contributed by atoms with Crippen molar-refractivity contribution in [1.29, 1.82) is 0 Å². The van der Waals surface area contributed by atoms with E-state index in [0.29, 0.717) is 46.1 Å². The number of rotatable bonds is 30. The van der Waals surface area contributed by atoms with Gasteiger partial charge in [0.25, 0.3) is 0 Å². The molecule has 4 aromatic carbocycles. The molecule has 41 heteroatoms. The van der Waals surface area contributed by atoms with Gasteiger partial charge < -0.3 is 114 Å². The maximum atomic E-state index is 15.0. The number of alkyl carbamates (subject to hydrolysis) is 1. The highest BCUT2D eigenvalue weighted by atomic mass is 35.5. The number of amides is 12. The fourth-order valence-electron chi connectivity index (χ4n) is 15.0. The van der Waals surface area contributed by atoms with Crippen LogP contribution >= 0.6 is 54.8 Å². The lowest BCUT2D eigenvalue weighted by Crippen LogP contribution is -2.72. The Balaban J connectivity index is 0.852. The van der Waals surface area contributed by atoms with Crippen molar-refractivity contribution in [1.82, 2.24) is 57.7 Å². The molecule has 3 saturated heterocycles. The first-order valence-corrected chi connectivity index (χ1v) is 46.8. The minimum absolute atomic E-state index is 0.0432. The number of nitrogens with zero attached hydrogens (tertiary/aromatic N) is 2.